The van der Waals surface area contributed by atoms with Crippen molar-refractivity contribution >= 4 is 16.9 Å². The molecule has 0 aliphatic heterocycles. The number of carbonyl (C=O) groups is 1. The molecule has 138 valence electrons. The van der Waals surface area contributed by atoms with Crippen LogP contribution in [0.15, 0.2) is 43.2 Å². The van der Waals surface area contributed by atoms with Gasteiger partial charge >= 0.3 is 0 Å². The predicted octanol–water partition coefficient (Wildman–Crippen LogP) is 2.07. The molecule has 0 radical (unpaired) electrons. The fraction of sp³-hybridized carbons (Fsp3) is 0.421. The molecule has 2 aromatic heterocycles. The molecule has 3 rings (SSSR count). The summed E-state index contributed by atoms with van der Waals surface area (Å²) < 4.78 is 3.84. The molecule has 7 nitrogen and oxygen atoms in total. The van der Waals surface area contributed by atoms with Gasteiger partial charge < -0.3 is 19.6 Å². The number of amides is 1. The highest BCUT2D eigenvalue weighted by atomic mass is 16.3. The zero-order valence-corrected chi connectivity index (χ0v) is 15.4. The highest BCUT2D eigenvalue weighted by molar-refractivity contribution is 5.97. The first kappa shape index (κ1) is 18.1. The summed E-state index contributed by atoms with van der Waals surface area (Å²) in [6, 6.07) is 5.40. The SMILES string of the molecule is CC(C)(C)[C@H](Cn1ccnc1)NC(=O)c1ccc2c(c1)ncn2CCO. The number of fused-ring (bicyclic) bond motifs is 1. The quantitative estimate of drug-likeness (QED) is 0.709. The van der Waals surface area contributed by atoms with E-state index in [0.717, 1.165) is 11.0 Å². The van der Waals surface area contributed by atoms with Gasteiger partial charge in [0, 0.05) is 31.0 Å². The topological polar surface area (TPSA) is 85.0 Å². The van der Waals surface area contributed by atoms with Crippen molar-refractivity contribution in [1.29, 1.82) is 0 Å². The molecule has 0 bridgehead atoms. The van der Waals surface area contributed by atoms with E-state index in [0.29, 0.717) is 18.7 Å². The predicted molar refractivity (Wildman–Crippen MR) is 99.8 cm³/mol. The van der Waals surface area contributed by atoms with E-state index in [9.17, 15) is 4.79 Å². The number of carbonyl (C=O) groups excluding carboxylic acids is 1. The normalized spacial score (nSPS) is 13.1. The lowest BCUT2D eigenvalue weighted by Crippen LogP contribution is -2.46. The van der Waals surface area contributed by atoms with Gasteiger partial charge in [-0.05, 0) is 23.6 Å². The fourth-order valence-corrected chi connectivity index (χ4v) is 2.87. The van der Waals surface area contributed by atoms with Crippen LogP contribution >= 0.6 is 0 Å². The Morgan fingerprint density at radius 1 is 1.31 bits per heavy atom. The minimum atomic E-state index is -0.122. The standard InChI is InChI=1S/C19H25N5O2/c1-19(2,3)17(11-23-7-6-20-12-23)22-18(26)14-4-5-16-15(10-14)21-13-24(16)8-9-25/h4-7,10,12-13,17,25H,8-9,11H2,1-3H3,(H,22,26)/t17-/m0/s1. The van der Waals surface area contributed by atoms with Gasteiger partial charge in [0.15, 0.2) is 0 Å². The maximum atomic E-state index is 12.8. The monoisotopic (exact) mass is 355 g/mol. The third-order valence-electron chi connectivity index (χ3n) is 4.53. The van der Waals surface area contributed by atoms with E-state index in [1.807, 2.05) is 21.4 Å². The summed E-state index contributed by atoms with van der Waals surface area (Å²) in [4.78, 5) is 21.2. The number of imidazole rings is 2. The number of aliphatic hydroxyl groups excluding tert-OH is 1. The number of aromatic nitrogens is 4. The van der Waals surface area contributed by atoms with Crippen LogP contribution in [-0.4, -0.2) is 42.8 Å². The summed E-state index contributed by atoms with van der Waals surface area (Å²) in [6.45, 7) is 7.51. The minimum Gasteiger partial charge on any atom is -0.395 e. The van der Waals surface area contributed by atoms with Crippen molar-refractivity contribution in [2.45, 2.75) is 39.9 Å². The molecule has 0 spiro atoms. The molecule has 3 aromatic rings. The van der Waals surface area contributed by atoms with Gasteiger partial charge in [0.1, 0.15) is 0 Å². The second-order valence-corrected chi connectivity index (χ2v) is 7.52. The first-order valence-corrected chi connectivity index (χ1v) is 8.71. The maximum Gasteiger partial charge on any atom is 0.251 e. The van der Waals surface area contributed by atoms with Gasteiger partial charge in [0.25, 0.3) is 5.91 Å². The maximum absolute atomic E-state index is 12.8. The van der Waals surface area contributed by atoms with Gasteiger partial charge in [-0.2, -0.15) is 0 Å². The van der Waals surface area contributed by atoms with E-state index in [1.165, 1.54) is 0 Å². The van der Waals surface area contributed by atoms with Crippen molar-refractivity contribution < 1.29 is 9.90 Å². The summed E-state index contributed by atoms with van der Waals surface area (Å²) in [5.74, 6) is -0.122. The fourth-order valence-electron chi connectivity index (χ4n) is 2.87. The van der Waals surface area contributed by atoms with Crippen LogP contribution in [0.5, 0.6) is 0 Å². The van der Waals surface area contributed by atoms with Gasteiger partial charge in [0.05, 0.1) is 36.3 Å². The molecular weight excluding hydrogens is 330 g/mol. The third kappa shape index (κ3) is 3.94. The lowest BCUT2D eigenvalue weighted by atomic mass is 9.86. The van der Waals surface area contributed by atoms with E-state index < -0.39 is 0 Å². The molecule has 0 saturated carbocycles. The van der Waals surface area contributed by atoms with Crippen LogP contribution < -0.4 is 5.32 Å². The molecule has 0 saturated heterocycles. The van der Waals surface area contributed by atoms with Gasteiger partial charge in [0.2, 0.25) is 0 Å². The number of hydrogen-bond donors (Lipinski definition) is 2. The third-order valence-corrected chi connectivity index (χ3v) is 4.53. The van der Waals surface area contributed by atoms with Crippen LogP contribution in [0, 0.1) is 5.41 Å². The lowest BCUT2D eigenvalue weighted by molar-refractivity contribution is 0.0892. The van der Waals surface area contributed by atoms with Crippen LogP contribution in [0.4, 0.5) is 0 Å². The van der Waals surface area contributed by atoms with Crippen molar-refractivity contribution in [3.63, 3.8) is 0 Å². The Labute approximate surface area is 152 Å². The zero-order chi connectivity index (χ0) is 18.7. The van der Waals surface area contributed by atoms with Crippen molar-refractivity contribution in [3.05, 3.63) is 48.8 Å². The summed E-state index contributed by atoms with van der Waals surface area (Å²) >= 11 is 0. The largest absolute Gasteiger partial charge is 0.395 e. The number of nitrogens with one attached hydrogen (secondary N) is 1. The molecule has 2 N–H and O–H groups in total. The van der Waals surface area contributed by atoms with E-state index in [1.54, 1.807) is 31.0 Å². The Morgan fingerprint density at radius 2 is 2.12 bits per heavy atom. The van der Waals surface area contributed by atoms with Crippen LogP contribution in [0.1, 0.15) is 31.1 Å². The van der Waals surface area contributed by atoms with E-state index in [2.05, 4.69) is 36.1 Å². The van der Waals surface area contributed by atoms with Gasteiger partial charge in [-0.1, -0.05) is 20.8 Å². The van der Waals surface area contributed by atoms with Gasteiger partial charge in [-0.3, -0.25) is 4.79 Å². The number of hydrogen-bond acceptors (Lipinski definition) is 4. The number of benzene rings is 1. The van der Waals surface area contributed by atoms with Crippen LogP contribution in [0.25, 0.3) is 11.0 Å². The van der Waals surface area contributed by atoms with Crippen molar-refractivity contribution in [1.82, 2.24) is 24.4 Å². The second kappa shape index (κ2) is 7.29. The van der Waals surface area contributed by atoms with Crippen molar-refractivity contribution in [2.75, 3.05) is 6.61 Å². The molecule has 0 aliphatic carbocycles. The van der Waals surface area contributed by atoms with Crippen LogP contribution in [0.3, 0.4) is 0 Å². The Kier molecular flexibility index (Phi) is 5.08. The molecular formula is C19H25N5O2. The van der Waals surface area contributed by atoms with Gasteiger partial charge in [-0.25, -0.2) is 9.97 Å². The Bertz CT molecular complexity index is 877. The number of rotatable bonds is 6. The Hall–Kier alpha value is -2.67. The number of aliphatic hydroxyl groups is 1. The molecule has 1 aromatic carbocycles. The highest BCUT2D eigenvalue weighted by Gasteiger charge is 2.27. The van der Waals surface area contributed by atoms with E-state index in [4.69, 9.17) is 5.11 Å². The molecule has 2 heterocycles. The van der Waals surface area contributed by atoms with Crippen molar-refractivity contribution in [3.8, 4) is 0 Å². The summed E-state index contributed by atoms with van der Waals surface area (Å²) in [6.07, 6.45) is 7.06. The number of nitrogens with zero attached hydrogens (tertiary/aromatic N) is 4. The lowest BCUT2D eigenvalue weighted by Gasteiger charge is -2.31. The van der Waals surface area contributed by atoms with Crippen molar-refractivity contribution in [2.24, 2.45) is 5.41 Å². The van der Waals surface area contributed by atoms with E-state index in [-0.39, 0.29) is 24.0 Å². The highest BCUT2D eigenvalue weighted by Crippen LogP contribution is 2.22. The molecule has 0 fully saturated rings. The Balaban J connectivity index is 1.79. The molecule has 0 unspecified atom stereocenters. The summed E-state index contributed by atoms with van der Waals surface area (Å²) in [5, 5.41) is 12.2. The molecule has 26 heavy (non-hydrogen) atoms. The average Bonchev–Trinajstić information content (AvgIpc) is 3.23. The molecule has 1 atom stereocenters. The molecule has 0 aliphatic rings. The Morgan fingerprint density at radius 3 is 2.77 bits per heavy atom. The minimum absolute atomic E-state index is 0.0492. The summed E-state index contributed by atoms with van der Waals surface area (Å²) in [5.41, 5.74) is 2.12. The second-order valence-electron chi connectivity index (χ2n) is 7.52. The first-order valence-electron chi connectivity index (χ1n) is 8.71. The first-order chi connectivity index (χ1) is 12.4. The molecule has 1 amide bonds. The summed E-state index contributed by atoms with van der Waals surface area (Å²) in [7, 11) is 0. The molecule has 7 heteroatoms. The zero-order valence-electron chi connectivity index (χ0n) is 15.4. The van der Waals surface area contributed by atoms with Crippen LogP contribution in [0.2, 0.25) is 0 Å². The van der Waals surface area contributed by atoms with Crippen LogP contribution in [-0.2, 0) is 13.1 Å². The average molecular weight is 355 g/mol. The smallest absolute Gasteiger partial charge is 0.251 e. The van der Waals surface area contributed by atoms with Gasteiger partial charge in [-0.15, -0.1) is 0 Å². The van der Waals surface area contributed by atoms with E-state index >= 15 is 0 Å².